The molecule has 1 N–H and O–H groups in total. The van der Waals surface area contributed by atoms with E-state index in [4.69, 9.17) is 0 Å². The van der Waals surface area contributed by atoms with Crippen LogP contribution in [0.1, 0.15) is 0 Å². The van der Waals surface area contributed by atoms with Crippen molar-refractivity contribution >= 4 is 23.7 Å². The first-order valence-corrected chi connectivity index (χ1v) is 4.88. The van der Waals surface area contributed by atoms with Gasteiger partial charge in [0.2, 0.25) is 5.91 Å². The average molecular weight is 214 g/mol. The van der Waals surface area contributed by atoms with Crippen LogP contribution < -0.4 is 5.32 Å². The van der Waals surface area contributed by atoms with Crippen LogP contribution in [0.5, 0.6) is 0 Å². The predicted octanol–water partition coefficient (Wildman–Crippen LogP) is 1.41. The van der Waals surface area contributed by atoms with Crippen LogP contribution >= 0.6 is 0 Å². The minimum Gasteiger partial charge on any atom is -0.325 e. The number of carbonyl (C=O) groups is 2. The summed E-state index contributed by atoms with van der Waals surface area (Å²) in [5.41, 5.74) is 0.728. The standard InChI is InChI=1S/C12H10N2O2/c15-11-7-6-9(8-13-11)12(16)14-10-4-2-1-3-5-10/h1-9H,(H,14,16). The molecule has 2 amide bonds. The average Bonchev–Trinajstić information content (AvgIpc) is 2.31. The molecule has 1 aromatic rings. The second kappa shape index (κ2) is 4.53. The van der Waals surface area contributed by atoms with Crippen LogP contribution in [0.3, 0.4) is 0 Å². The van der Waals surface area contributed by atoms with Crippen LogP contribution in [-0.4, -0.2) is 18.0 Å². The van der Waals surface area contributed by atoms with E-state index in [9.17, 15) is 9.59 Å². The van der Waals surface area contributed by atoms with Gasteiger partial charge < -0.3 is 5.32 Å². The molecule has 0 saturated carbocycles. The molecule has 1 aromatic carbocycles. The zero-order valence-corrected chi connectivity index (χ0v) is 8.46. The zero-order chi connectivity index (χ0) is 11.4. The number of amides is 2. The maximum Gasteiger partial charge on any atom is 0.269 e. The van der Waals surface area contributed by atoms with Crippen molar-refractivity contribution in [3.05, 3.63) is 42.5 Å². The summed E-state index contributed by atoms with van der Waals surface area (Å²) < 4.78 is 0. The number of dihydropyridines is 1. The van der Waals surface area contributed by atoms with E-state index in [1.807, 2.05) is 18.2 Å². The minimum absolute atomic E-state index is 0.196. The van der Waals surface area contributed by atoms with Crippen molar-refractivity contribution in [3.8, 4) is 0 Å². The molecule has 1 aliphatic heterocycles. The molecule has 1 heterocycles. The van der Waals surface area contributed by atoms with Crippen molar-refractivity contribution in [2.24, 2.45) is 10.9 Å². The summed E-state index contributed by atoms with van der Waals surface area (Å²) in [6, 6.07) is 9.14. The number of aliphatic imine (C=N–C) groups is 1. The van der Waals surface area contributed by atoms with E-state index in [2.05, 4.69) is 10.3 Å². The van der Waals surface area contributed by atoms with E-state index < -0.39 is 5.92 Å². The first-order valence-electron chi connectivity index (χ1n) is 4.88. The topological polar surface area (TPSA) is 58.5 Å². The Hall–Kier alpha value is -2.23. The zero-order valence-electron chi connectivity index (χ0n) is 8.46. The summed E-state index contributed by atoms with van der Waals surface area (Å²) in [5.74, 6) is -1.000. The molecule has 4 nitrogen and oxygen atoms in total. The number of nitrogens with one attached hydrogen (secondary N) is 1. The minimum atomic E-state index is -0.474. The van der Waals surface area contributed by atoms with Gasteiger partial charge in [-0.25, -0.2) is 4.99 Å². The van der Waals surface area contributed by atoms with Gasteiger partial charge in [0.15, 0.2) is 0 Å². The summed E-state index contributed by atoms with van der Waals surface area (Å²) in [4.78, 5) is 26.0. The molecule has 0 bridgehead atoms. The summed E-state index contributed by atoms with van der Waals surface area (Å²) in [6.45, 7) is 0. The molecule has 0 radical (unpaired) electrons. The molecule has 4 heteroatoms. The summed E-state index contributed by atoms with van der Waals surface area (Å²) in [6.07, 6.45) is 4.18. The first-order chi connectivity index (χ1) is 7.75. The van der Waals surface area contributed by atoms with E-state index in [0.29, 0.717) is 0 Å². The molecule has 0 aliphatic carbocycles. The van der Waals surface area contributed by atoms with Gasteiger partial charge in [-0.3, -0.25) is 9.59 Å². The van der Waals surface area contributed by atoms with Gasteiger partial charge in [-0.15, -0.1) is 0 Å². The quantitative estimate of drug-likeness (QED) is 0.809. The number of anilines is 1. The van der Waals surface area contributed by atoms with Crippen molar-refractivity contribution in [1.29, 1.82) is 0 Å². The molecule has 1 unspecified atom stereocenters. The van der Waals surface area contributed by atoms with E-state index >= 15 is 0 Å². The van der Waals surface area contributed by atoms with Crippen molar-refractivity contribution in [2.45, 2.75) is 0 Å². The number of benzene rings is 1. The molecule has 0 fully saturated rings. The Morgan fingerprint density at radius 2 is 2.00 bits per heavy atom. The second-order valence-electron chi connectivity index (χ2n) is 3.36. The van der Waals surface area contributed by atoms with Gasteiger partial charge >= 0.3 is 0 Å². The number of hydrogen-bond donors (Lipinski definition) is 1. The fourth-order valence-electron chi connectivity index (χ4n) is 1.33. The highest BCUT2D eigenvalue weighted by molar-refractivity contribution is 6.09. The molecule has 0 saturated heterocycles. The maximum atomic E-state index is 11.7. The number of hydrogen-bond acceptors (Lipinski definition) is 2. The van der Waals surface area contributed by atoms with Crippen LogP contribution in [0.25, 0.3) is 0 Å². The third-order valence-corrected chi connectivity index (χ3v) is 2.15. The molecular formula is C12H10N2O2. The first kappa shape index (κ1) is 10.3. The second-order valence-corrected chi connectivity index (χ2v) is 3.36. The number of carbonyl (C=O) groups excluding carboxylic acids is 2. The van der Waals surface area contributed by atoms with Crippen LogP contribution in [0.2, 0.25) is 0 Å². The third kappa shape index (κ3) is 2.42. The Bertz CT molecular complexity index is 447. The van der Waals surface area contributed by atoms with Gasteiger partial charge in [-0.05, 0) is 12.1 Å². The molecule has 0 spiro atoms. The smallest absolute Gasteiger partial charge is 0.269 e. The Morgan fingerprint density at radius 3 is 2.62 bits per heavy atom. The fraction of sp³-hybridized carbons (Fsp3) is 0.0833. The number of rotatable bonds is 2. The van der Waals surface area contributed by atoms with Gasteiger partial charge in [-0.1, -0.05) is 24.3 Å². The highest BCUT2D eigenvalue weighted by Crippen LogP contribution is 2.09. The van der Waals surface area contributed by atoms with Crippen LogP contribution in [0.15, 0.2) is 47.5 Å². The van der Waals surface area contributed by atoms with Crippen LogP contribution in [0, 0.1) is 5.92 Å². The Labute approximate surface area is 92.7 Å². The molecule has 1 atom stereocenters. The Kier molecular flexibility index (Phi) is 2.91. The highest BCUT2D eigenvalue weighted by atomic mass is 16.2. The molecule has 2 rings (SSSR count). The molecule has 80 valence electrons. The highest BCUT2D eigenvalue weighted by Gasteiger charge is 2.16. The lowest BCUT2D eigenvalue weighted by molar-refractivity contribution is -0.117. The SMILES string of the molecule is O=C1C=CC(C(=O)Nc2ccccc2)C=N1. The third-order valence-electron chi connectivity index (χ3n) is 2.15. The predicted molar refractivity (Wildman–Crippen MR) is 61.2 cm³/mol. The lowest BCUT2D eigenvalue weighted by atomic mass is 10.1. The molecule has 0 aromatic heterocycles. The van der Waals surface area contributed by atoms with E-state index in [1.54, 1.807) is 12.1 Å². The summed E-state index contributed by atoms with van der Waals surface area (Å²) in [7, 11) is 0. The van der Waals surface area contributed by atoms with Gasteiger partial charge in [0.05, 0.1) is 5.92 Å². The van der Waals surface area contributed by atoms with Crippen molar-refractivity contribution in [2.75, 3.05) is 5.32 Å². The molecular weight excluding hydrogens is 204 g/mol. The van der Waals surface area contributed by atoms with Crippen molar-refractivity contribution in [1.82, 2.24) is 0 Å². The van der Waals surface area contributed by atoms with E-state index in [0.717, 1.165) is 5.69 Å². The van der Waals surface area contributed by atoms with Gasteiger partial charge in [0, 0.05) is 18.0 Å². The Balaban J connectivity index is 2.02. The summed E-state index contributed by atoms with van der Waals surface area (Å²) >= 11 is 0. The maximum absolute atomic E-state index is 11.7. The van der Waals surface area contributed by atoms with Crippen molar-refractivity contribution in [3.63, 3.8) is 0 Å². The monoisotopic (exact) mass is 214 g/mol. The lowest BCUT2D eigenvalue weighted by Gasteiger charge is -2.10. The van der Waals surface area contributed by atoms with E-state index in [-0.39, 0.29) is 11.8 Å². The van der Waals surface area contributed by atoms with Gasteiger partial charge in [-0.2, -0.15) is 0 Å². The van der Waals surface area contributed by atoms with Gasteiger partial charge in [0.25, 0.3) is 5.91 Å². The van der Waals surface area contributed by atoms with E-state index in [1.165, 1.54) is 18.4 Å². The molecule has 1 aliphatic rings. The van der Waals surface area contributed by atoms with Crippen LogP contribution in [-0.2, 0) is 9.59 Å². The van der Waals surface area contributed by atoms with Gasteiger partial charge in [0.1, 0.15) is 0 Å². The molecule has 16 heavy (non-hydrogen) atoms. The number of nitrogens with zero attached hydrogens (tertiary/aromatic N) is 1. The van der Waals surface area contributed by atoms with Crippen molar-refractivity contribution < 1.29 is 9.59 Å². The Morgan fingerprint density at radius 1 is 1.25 bits per heavy atom. The number of para-hydroxylation sites is 1. The van der Waals surface area contributed by atoms with Crippen LogP contribution in [0.4, 0.5) is 5.69 Å². The fourth-order valence-corrected chi connectivity index (χ4v) is 1.33. The largest absolute Gasteiger partial charge is 0.325 e. The summed E-state index contributed by atoms with van der Waals surface area (Å²) in [5, 5.41) is 2.73. The normalized spacial score (nSPS) is 18.5. The lowest BCUT2D eigenvalue weighted by Crippen LogP contribution is -2.24.